The molecule has 2 N–H and O–H groups in total. The Kier molecular flexibility index (Phi) is 7.00. The van der Waals surface area contributed by atoms with Gasteiger partial charge in [-0.15, -0.1) is 0 Å². The van der Waals surface area contributed by atoms with E-state index in [0.29, 0.717) is 17.3 Å². The summed E-state index contributed by atoms with van der Waals surface area (Å²) in [5.74, 6) is 0.0298. The molecule has 2 fully saturated rings. The zero-order valence-electron chi connectivity index (χ0n) is 18.4. The molecule has 7 heteroatoms. The monoisotopic (exact) mass is 440 g/mol. The Balaban J connectivity index is 1.40. The number of anilines is 1. The molecule has 0 atom stereocenters. The molecule has 0 saturated heterocycles. The van der Waals surface area contributed by atoms with Gasteiger partial charge in [0.05, 0.1) is 22.7 Å². The number of nitrogens with zero attached hydrogens (tertiary/aromatic N) is 2. The molecule has 1 aromatic carbocycles. The lowest BCUT2D eigenvalue weighted by Crippen LogP contribution is -2.33. The first-order valence-electron chi connectivity index (χ1n) is 11.4. The first-order valence-corrected chi connectivity index (χ1v) is 12.4. The molecule has 2 amide bonds. The van der Waals surface area contributed by atoms with Gasteiger partial charge in [-0.2, -0.15) is 0 Å². The Bertz CT molecular complexity index is 943. The molecule has 0 unspecified atom stereocenters. The molecule has 0 radical (unpaired) electrons. The SMILES string of the molecule is Cc1nc(SCC(=O)Nc2ccccc2C(=O)NC2CCCC2)n(C2CCCC2)c1C. The number of carbonyl (C=O) groups is 2. The Hall–Kier alpha value is -2.28. The van der Waals surface area contributed by atoms with Crippen LogP contribution < -0.4 is 10.6 Å². The number of hydrogen-bond donors (Lipinski definition) is 2. The fourth-order valence-corrected chi connectivity index (χ4v) is 5.69. The molecule has 6 nitrogen and oxygen atoms in total. The van der Waals surface area contributed by atoms with Crippen LogP contribution in [-0.4, -0.2) is 33.2 Å². The molecule has 2 saturated carbocycles. The second-order valence-corrected chi connectivity index (χ2v) is 9.65. The number of imidazole rings is 1. The van der Waals surface area contributed by atoms with Crippen molar-refractivity contribution in [3.8, 4) is 0 Å². The van der Waals surface area contributed by atoms with E-state index in [4.69, 9.17) is 4.98 Å². The number of benzene rings is 1. The highest BCUT2D eigenvalue weighted by molar-refractivity contribution is 7.99. The summed E-state index contributed by atoms with van der Waals surface area (Å²) < 4.78 is 2.32. The summed E-state index contributed by atoms with van der Waals surface area (Å²) in [6.07, 6.45) is 9.26. The Morgan fingerprint density at radius 1 is 1.06 bits per heavy atom. The summed E-state index contributed by atoms with van der Waals surface area (Å²) in [6.45, 7) is 4.15. The maximum Gasteiger partial charge on any atom is 0.253 e. The van der Waals surface area contributed by atoms with Crippen LogP contribution in [0.3, 0.4) is 0 Å². The number of thioether (sulfide) groups is 1. The highest BCUT2D eigenvalue weighted by Crippen LogP contribution is 2.35. The van der Waals surface area contributed by atoms with Gasteiger partial charge in [-0.1, -0.05) is 49.6 Å². The molecular weight excluding hydrogens is 408 g/mol. The first-order chi connectivity index (χ1) is 15.0. The van der Waals surface area contributed by atoms with Crippen LogP contribution in [0.2, 0.25) is 0 Å². The molecule has 31 heavy (non-hydrogen) atoms. The van der Waals surface area contributed by atoms with E-state index in [1.165, 1.54) is 43.1 Å². The third kappa shape index (κ3) is 5.14. The van der Waals surface area contributed by atoms with Gasteiger partial charge in [0.25, 0.3) is 5.91 Å². The van der Waals surface area contributed by atoms with E-state index in [9.17, 15) is 9.59 Å². The average Bonchev–Trinajstić information content (AvgIpc) is 3.50. The van der Waals surface area contributed by atoms with Crippen LogP contribution in [0.15, 0.2) is 29.4 Å². The molecule has 2 aromatic rings. The van der Waals surface area contributed by atoms with Crippen LogP contribution >= 0.6 is 11.8 Å². The second-order valence-electron chi connectivity index (χ2n) is 8.71. The smallest absolute Gasteiger partial charge is 0.253 e. The summed E-state index contributed by atoms with van der Waals surface area (Å²) in [7, 11) is 0. The maximum absolute atomic E-state index is 12.7. The Morgan fingerprint density at radius 3 is 2.48 bits per heavy atom. The first kappa shape index (κ1) is 21.9. The quantitative estimate of drug-likeness (QED) is 0.593. The van der Waals surface area contributed by atoms with E-state index < -0.39 is 0 Å². The van der Waals surface area contributed by atoms with Crippen molar-refractivity contribution in [2.75, 3.05) is 11.1 Å². The van der Waals surface area contributed by atoms with Crippen molar-refractivity contribution in [2.45, 2.75) is 82.5 Å². The minimum atomic E-state index is -0.123. The largest absolute Gasteiger partial charge is 0.349 e. The van der Waals surface area contributed by atoms with Crippen molar-refractivity contribution in [3.05, 3.63) is 41.2 Å². The fourth-order valence-electron chi connectivity index (χ4n) is 4.73. The number of para-hydroxylation sites is 1. The molecule has 166 valence electrons. The van der Waals surface area contributed by atoms with Crippen molar-refractivity contribution in [3.63, 3.8) is 0 Å². The molecule has 0 spiro atoms. The third-order valence-corrected chi connectivity index (χ3v) is 7.47. The predicted molar refractivity (Wildman–Crippen MR) is 125 cm³/mol. The van der Waals surface area contributed by atoms with Gasteiger partial charge >= 0.3 is 0 Å². The molecule has 1 aromatic heterocycles. The Morgan fingerprint density at radius 2 is 1.74 bits per heavy atom. The van der Waals surface area contributed by atoms with Crippen LogP contribution in [0.25, 0.3) is 0 Å². The molecule has 4 rings (SSSR count). The van der Waals surface area contributed by atoms with Crippen LogP contribution in [0, 0.1) is 13.8 Å². The number of carbonyl (C=O) groups excluding carboxylic acids is 2. The van der Waals surface area contributed by atoms with Gasteiger partial charge in [-0.3, -0.25) is 9.59 Å². The van der Waals surface area contributed by atoms with E-state index in [1.54, 1.807) is 12.1 Å². The highest BCUT2D eigenvalue weighted by atomic mass is 32.2. The van der Waals surface area contributed by atoms with Gasteiger partial charge < -0.3 is 15.2 Å². The van der Waals surface area contributed by atoms with Gasteiger partial charge in [0, 0.05) is 17.8 Å². The van der Waals surface area contributed by atoms with Crippen LogP contribution in [0.1, 0.15) is 79.2 Å². The summed E-state index contributed by atoms with van der Waals surface area (Å²) in [4.78, 5) is 30.2. The van der Waals surface area contributed by atoms with Crippen molar-refractivity contribution < 1.29 is 9.59 Å². The summed E-state index contributed by atoms with van der Waals surface area (Å²) in [5, 5.41) is 6.97. The lowest BCUT2D eigenvalue weighted by atomic mass is 10.1. The van der Waals surface area contributed by atoms with E-state index >= 15 is 0 Å². The van der Waals surface area contributed by atoms with E-state index in [2.05, 4.69) is 22.1 Å². The zero-order valence-corrected chi connectivity index (χ0v) is 19.3. The normalized spacial score (nSPS) is 17.2. The summed E-state index contributed by atoms with van der Waals surface area (Å²) in [6, 6.07) is 7.97. The van der Waals surface area contributed by atoms with Crippen molar-refractivity contribution in [1.29, 1.82) is 0 Å². The predicted octanol–water partition coefficient (Wildman–Crippen LogP) is 5.02. The average molecular weight is 441 g/mol. The summed E-state index contributed by atoms with van der Waals surface area (Å²) in [5.41, 5.74) is 3.31. The van der Waals surface area contributed by atoms with Crippen LogP contribution in [0.4, 0.5) is 5.69 Å². The van der Waals surface area contributed by atoms with Gasteiger partial charge in [0.2, 0.25) is 5.91 Å². The maximum atomic E-state index is 12.7. The highest BCUT2D eigenvalue weighted by Gasteiger charge is 2.24. The second kappa shape index (κ2) is 9.90. The van der Waals surface area contributed by atoms with Gasteiger partial charge in [-0.25, -0.2) is 4.98 Å². The van der Waals surface area contributed by atoms with E-state index in [-0.39, 0.29) is 23.6 Å². The zero-order chi connectivity index (χ0) is 21.8. The van der Waals surface area contributed by atoms with Gasteiger partial charge in [0.1, 0.15) is 0 Å². The van der Waals surface area contributed by atoms with Gasteiger partial charge in [0.15, 0.2) is 5.16 Å². The van der Waals surface area contributed by atoms with Crippen molar-refractivity contribution in [1.82, 2.24) is 14.9 Å². The fraction of sp³-hybridized carbons (Fsp3) is 0.542. The van der Waals surface area contributed by atoms with Crippen LogP contribution in [0.5, 0.6) is 0 Å². The third-order valence-electron chi connectivity index (χ3n) is 6.51. The van der Waals surface area contributed by atoms with E-state index in [0.717, 1.165) is 36.5 Å². The number of aromatic nitrogens is 2. The van der Waals surface area contributed by atoms with Crippen molar-refractivity contribution in [2.24, 2.45) is 0 Å². The lowest BCUT2D eigenvalue weighted by Gasteiger charge is -2.17. The molecule has 1 heterocycles. The van der Waals surface area contributed by atoms with Gasteiger partial charge in [-0.05, 0) is 51.7 Å². The summed E-state index contributed by atoms with van der Waals surface area (Å²) >= 11 is 1.48. The number of amides is 2. The standard InChI is InChI=1S/C24H32N4O2S/c1-16-17(2)28(19-11-5-6-12-19)24(25-16)31-15-22(29)27-21-14-8-7-13-20(21)23(30)26-18-9-3-4-10-18/h7-8,13-14,18-19H,3-6,9-12,15H2,1-2H3,(H,26,30)(H,27,29). The number of hydrogen-bond acceptors (Lipinski definition) is 4. The number of aryl methyl sites for hydroxylation is 1. The minimum absolute atomic E-state index is 0.113. The molecule has 0 bridgehead atoms. The molecular formula is C24H32N4O2S. The van der Waals surface area contributed by atoms with E-state index in [1.807, 2.05) is 19.1 Å². The molecule has 0 aliphatic heterocycles. The van der Waals surface area contributed by atoms with Crippen molar-refractivity contribution >= 4 is 29.3 Å². The molecule has 2 aliphatic carbocycles. The lowest BCUT2D eigenvalue weighted by molar-refractivity contribution is -0.113. The number of rotatable bonds is 7. The minimum Gasteiger partial charge on any atom is -0.349 e. The van der Waals surface area contributed by atoms with Crippen LogP contribution in [-0.2, 0) is 4.79 Å². The number of nitrogens with one attached hydrogen (secondary N) is 2. The molecule has 2 aliphatic rings. The topological polar surface area (TPSA) is 76.0 Å². The Labute approximate surface area is 188 Å².